The number of aromatic nitrogens is 1. The van der Waals surface area contributed by atoms with Crippen molar-refractivity contribution < 1.29 is 4.74 Å². The molecule has 2 unspecified atom stereocenters. The molecule has 2 atom stereocenters. The quantitative estimate of drug-likeness (QED) is 0.859. The number of ether oxygens (including phenoxy) is 1. The zero-order valence-corrected chi connectivity index (χ0v) is 10.6. The van der Waals surface area contributed by atoms with Gasteiger partial charge in [-0.2, -0.15) is 0 Å². The standard InChI is InChI=1S/C12H20N2OS/c1-10(12-8-16-9-14-12)13-6-5-11-4-2-3-7-15-11/h8-11,13H,2-7H2,1H3. The molecule has 0 aromatic carbocycles. The number of nitrogens with zero attached hydrogens (tertiary/aromatic N) is 1. The highest BCUT2D eigenvalue weighted by Gasteiger charge is 2.14. The molecular formula is C12H20N2OS. The SMILES string of the molecule is CC(NCCC1CCCCO1)c1cscn1. The van der Waals surface area contributed by atoms with E-state index >= 15 is 0 Å². The van der Waals surface area contributed by atoms with Crippen molar-refractivity contribution >= 4 is 11.3 Å². The lowest BCUT2D eigenvalue weighted by Gasteiger charge is -2.23. The van der Waals surface area contributed by atoms with E-state index in [2.05, 4.69) is 22.6 Å². The highest BCUT2D eigenvalue weighted by molar-refractivity contribution is 7.07. The average Bonchev–Trinajstić information content (AvgIpc) is 2.84. The molecular weight excluding hydrogens is 220 g/mol. The van der Waals surface area contributed by atoms with E-state index in [0.29, 0.717) is 12.1 Å². The summed E-state index contributed by atoms with van der Waals surface area (Å²) in [6, 6.07) is 0.356. The minimum Gasteiger partial charge on any atom is -0.378 e. The van der Waals surface area contributed by atoms with Crippen molar-refractivity contribution in [3.63, 3.8) is 0 Å². The van der Waals surface area contributed by atoms with Gasteiger partial charge in [0.2, 0.25) is 0 Å². The van der Waals surface area contributed by atoms with Gasteiger partial charge in [0.15, 0.2) is 0 Å². The molecule has 4 heteroatoms. The first-order valence-electron chi connectivity index (χ1n) is 6.09. The zero-order valence-electron chi connectivity index (χ0n) is 9.82. The Hall–Kier alpha value is -0.450. The summed E-state index contributed by atoms with van der Waals surface area (Å²) in [5.74, 6) is 0. The summed E-state index contributed by atoms with van der Waals surface area (Å²) in [6.45, 7) is 4.13. The van der Waals surface area contributed by atoms with Gasteiger partial charge in [0.25, 0.3) is 0 Å². The fourth-order valence-electron chi connectivity index (χ4n) is 2.04. The van der Waals surface area contributed by atoms with Crippen LogP contribution in [0.3, 0.4) is 0 Å². The third kappa shape index (κ3) is 3.54. The minimum atomic E-state index is 0.356. The van der Waals surface area contributed by atoms with Crippen LogP contribution in [0, 0.1) is 0 Å². The van der Waals surface area contributed by atoms with Gasteiger partial charge in [0, 0.05) is 18.0 Å². The summed E-state index contributed by atoms with van der Waals surface area (Å²) in [4.78, 5) is 4.31. The monoisotopic (exact) mass is 240 g/mol. The van der Waals surface area contributed by atoms with Crippen LogP contribution in [0.5, 0.6) is 0 Å². The molecule has 2 rings (SSSR count). The van der Waals surface area contributed by atoms with Crippen LogP contribution in [0.15, 0.2) is 10.9 Å². The highest BCUT2D eigenvalue weighted by atomic mass is 32.1. The smallest absolute Gasteiger partial charge is 0.0795 e. The van der Waals surface area contributed by atoms with Crippen LogP contribution in [0.25, 0.3) is 0 Å². The van der Waals surface area contributed by atoms with Crippen LogP contribution in [0.1, 0.15) is 44.3 Å². The fraction of sp³-hybridized carbons (Fsp3) is 0.750. The van der Waals surface area contributed by atoms with Gasteiger partial charge in [-0.3, -0.25) is 0 Å². The Bertz CT molecular complexity index is 283. The Morgan fingerprint density at radius 2 is 2.56 bits per heavy atom. The van der Waals surface area contributed by atoms with E-state index in [1.54, 1.807) is 11.3 Å². The summed E-state index contributed by atoms with van der Waals surface area (Å²) >= 11 is 1.65. The van der Waals surface area contributed by atoms with Gasteiger partial charge in [-0.25, -0.2) is 4.98 Å². The van der Waals surface area contributed by atoms with Crippen molar-refractivity contribution in [2.45, 2.75) is 44.8 Å². The van der Waals surface area contributed by atoms with E-state index in [4.69, 9.17) is 4.74 Å². The molecule has 1 aliphatic rings. The van der Waals surface area contributed by atoms with Crippen molar-refractivity contribution in [2.24, 2.45) is 0 Å². The van der Waals surface area contributed by atoms with Crippen molar-refractivity contribution in [2.75, 3.05) is 13.2 Å². The van der Waals surface area contributed by atoms with E-state index in [1.165, 1.54) is 19.3 Å². The number of rotatable bonds is 5. The van der Waals surface area contributed by atoms with Crippen LogP contribution in [-0.2, 0) is 4.74 Å². The predicted molar refractivity (Wildman–Crippen MR) is 66.7 cm³/mol. The van der Waals surface area contributed by atoms with Gasteiger partial charge in [-0.1, -0.05) is 0 Å². The molecule has 0 radical (unpaired) electrons. The van der Waals surface area contributed by atoms with Gasteiger partial charge >= 0.3 is 0 Å². The van der Waals surface area contributed by atoms with Crippen LogP contribution in [-0.4, -0.2) is 24.2 Å². The second kappa shape index (κ2) is 6.33. The summed E-state index contributed by atoms with van der Waals surface area (Å²) < 4.78 is 5.70. The van der Waals surface area contributed by atoms with Gasteiger partial charge in [-0.05, 0) is 39.2 Å². The molecule has 1 aromatic heterocycles. The number of thiazole rings is 1. The lowest BCUT2D eigenvalue weighted by Crippen LogP contribution is -2.27. The first kappa shape index (κ1) is 12.0. The summed E-state index contributed by atoms with van der Waals surface area (Å²) in [7, 11) is 0. The van der Waals surface area contributed by atoms with E-state index in [-0.39, 0.29) is 0 Å². The largest absolute Gasteiger partial charge is 0.378 e. The summed E-state index contributed by atoms with van der Waals surface area (Å²) in [5, 5.41) is 5.60. The van der Waals surface area contributed by atoms with E-state index in [0.717, 1.165) is 25.3 Å². The second-order valence-corrected chi connectivity index (χ2v) is 5.09. The summed E-state index contributed by atoms with van der Waals surface area (Å²) in [5.41, 5.74) is 3.03. The predicted octanol–water partition coefficient (Wildman–Crippen LogP) is 2.75. The maximum absolute atomic E-state index is 5.70. The lowest BCUT2D eigenvalue weighted by molar-refractivity contribution is 0.0112. The third-order valence-electron chi connectivity index (χ3n) is 3.09. The number of hydrogen-bond acceptors (Lipinski definition) is 4. The van der Waals surface area contributed by atoms with Crippen molar-refractivity contribution in [1.29, 1.82) is 0 Å². The molecule has 0 spiro atoms. The van der Waals surface area contributed by atoms with Crippen LogP contribution >= 0.6 is 11.3 Å². The van der Waals surface area contributed by atoms with Gasteiger partial charge in [-0.15, -0.1) is 11.3 Å². The van der Waals surface area contributed by atoms with Crippen molar-refractivity contribution in [3.8, 4) is 0 Å². The second-order valence-electron chi connectivity index (χ2n) is 4.37. The van der Waals surface area contributed by atoms with E-state index in [1.807, 2.05) is 5.51 Å². The van der Waals surface area contributed by atoms with E-state index in [9.17, 15) is 0 Å². The highest BCUT2D eigenvalue weighted by Crippen LogP contribution is 2.16. The molecule has 1 aliphatic heterocycles. The molecule has 1 aromatic rings. The zero-order chi connectivity index (χ0) is 11.2. The lowest BCUT2D eigenvalue weighted by atomic mass is 10.1. The molecule has 0 amide bonds. The Kier molecular flexibility index (Phi) is 4.75. The molecule has 2 heterocycles. The Labute approximate surface area is 101 Å². The minimum absolute atomic E-state index is 0.356. The van der Waals surface area contributed by atoms with Gasteiger partial charge in [0.05, 0.1) is 17.3 Å². The van der Waals surface area contributed by atoms with E-state index < -0.39 is 0 Å². The average molecular weight is 240 g/mol. The molecule has 90 valence electrons. The Morgan fingerprint density at radius 1 is 1.62 bits per heavy atom. The maximum Gasteiger partial charge on any atom is 0.0795 e. The third-order valence-corrected chi connectivity index (χ3v) is 3.69. The topological polar surface area (TPSA) is 34.1 Å². The first-order chi connectivity index (χ1) is 7.86. The van der Waals surface area contributed by atoms with Crippen LogP contribution < -0.4 is 5.32 Å². The molecule has 1 N–H and O–H groups in total. The Balaban J connectivity index is 1.63. The molecule has 3 nitrogen and oxygen atoms in total. The molecule has 0 bridgehead atoms. The van der Waals surface area contributed by atoms with Gasteiger partial charge in [0.1, 0.15) is 0 Å². The van der Waals surface area contributed by atoms with Crippen molar-refractivity contribution in [1.82, 2.24) is 10.3 Å². The summed E-state index contributed by atoms with van der Waals surface area (Å²) in [6.07, 6.45) is 5.39. The molecule has 0 aliphatic carbocycles. The Morgan fingerprint density at radius 3 is 3.25 bits per heavy atom. The molecule has 1 saturated heterocycles. The number of hydrogen-bond donors (Lipinski definition) is 1. The molecule has 0 saturated carbocycles. The van der Waals surface area contributed by atoms with Crippen LogP contribution in [0.2, 0.25) is 0 Å². The van der Waals surface area contributed by atoms with Gasteiger partial charge < -0.3 is 10.1 Å². The molecule has 1 fully saturated rings. The van der Waals surface area contributed by atoms with Crippen molar-refractivity contribution in [3.05, 3.63) is 16.6 Å². The number of nitrogens with one attached hydrogen (secondary N) is 1. The first-order valence-corrected chi connectivity index (χ1v) is 7.03. The van der Waals surface area contributed by atoms with Crippen LogP contribution in [0.4, 0.5) is 0 Å². The normalized spacial score (nSPS) is 23.2. The fourth-order valence-corrected chi connectivity index (χ4v) is 2.68. The molecule has 16 heavy (non-hydrogen) atoms. The maximum atomic E-state index is 5.70.